The third-order valence-electron chi connectivity index (χ3n) is 4.97. The summed E-state index contributed by atoms with van der Waals surface area (Å²) in [4.78, 5) is 18.0. The maximum Gasteiger partial charge on any atom is 0.227 e. The number of hydrogen-bond donors (Lipinski definition) is 1. The minimum atomic E-state index is -0.294. The van der Waals surface area contributed by atoms with Gasteiger partial charge in [-0.2, -0.15) is 0 Å². The molecule has 1 atom stereocenters. The van der Waals surface area contributed by atoms with Crippen LogP contribution in [0.1, 0.15) is 41.6 Å². The van der Waals surface area contributed by atoms with E-state index in [-0.39, 0.29) is 24.2 Å². The number of carbonyl (C=O) groups is 1. The quantitative estimate of drug-likeness (QED) is 0.788. The molecular formula is C19H20FN3O2. The summed E-state index contributed by atoms with van der Waals surface area (Å²) in [5, 5.41) is 4.86. The molecule has 1 N–H and O–H groups in total. The van der Waals surface area contributed by atoms with Gasteiger partial charge in [0.2, 0.25) is 5.91 Å². The number of nitrogens with zero attached hydrogens (tertiary/aromatic N) is 2. The van der Waals surface area contributed by atoms with E-state index in [9.17, 15) is 9.18 Å². The zero-order valence-electron chi connectivity index (χ0n) is 14.3. The first kappa shape index (κ1) is 15.9. The summed E-state index contributed by atoms with van der Waals surface area (Å²) in [7, 11) is 0. The number of halogens is 1. The topological polar surface area (TPSA) is 62.1 Å². The smallest absolute Gasteiger partial charge is 0.227 e. The lowest BCUT2D eigenvalue weighted by Gasteiger charge is -2.23. The molecule has 0 unspecified atom stereocenters. The zero-order valence-corrected chi connectivity index (χ0v) is 14.3. The van der Waals surface area contributed by atoms with Gasteiger partial charge in [0, 0.05) is 29.2 Å². The number of nitrogens with one attached hydrogen (secondary N) is 1. The Morgan fingerprint density at radius 1 is 1.40 bits per heavy atom. The second-order valence-electron chi connectivity index (χ2n) is 6.70. The van der Waals surface area contributed by atoms with Crippen LogP contribution in [0.3, 0.4) is 0 Å². The van der Waals surface area contributed by atoms with Crippen LogP contribution in [0.4, 0.5) is 4.39 Å². The largest absolute Gasteiger partial charge is 0.361 e. The maximum absolute atomic E-state index is 13.6. The monoisotopic (exact) mass is 341 g/mol. The summed E-state index contributed by atoms with van der Waals surface area (Å²) in [6.45, 7) is 4.48. The molecule has 5 nitrogen and oxygen atoms in total. The second kappa shape index (κ2) is 6.02. The van der Waals surface area contributed by atoms with Crippen molar-refractivity contribution in [2.24, 2.45) is 0 Å². The number of benzene rings is 1. The number of likely N-dealkylation sites (tertiary alicyclic amines) is 1. The molecule has 130 valence electrons. The number of aryl methyl sites for hydroxylation is 2. The van der Waals surface area contributed by atoms with E-state index in [1.807, 2.05) is 24.8 Å². The van der Waals surface area contributed by atoms with Gasteiger partial charge >= 0.3 is 0 Å². The van der Waals surface area contributed by atoms with Crippen molar-refractivity contribution in [3.05, 3.63) is 52.8 Å². The minimum absolute atomic E-state index is 0.0350. The van der Waals surface area contributed by atoms with E-state index in [1.54, 1.807) is 6.07 Å². The molecule has 0 bridgehead atoms. The first-order valence-electron chi connectivity index (χ1n) is 8.52. The normalized spacial score (nSPS) is 17.6. The fourth-order valence-electron chi connectivity index (χ4n) is 3.75. The average molecular weight is 341 g/mol. The van der Waals surface area contributed by atoms with Crippen molar-refractivity contribution in [3.63, 3.8) is 0 Å². The van der Waals surface area contributed by atoms with Crippen LogP contribution in [0.15, 0.2) is 28.8 Å². The fourth-order valence-corrected chi connectivity index (χ4v) is 3.75. The van der Waals surface area contributed by atoms with Crippen molar-refractivity contribution >= 4 is 16.8 Å². The number of carbonyl (C=O) groups excluding carboxylic acids is 1. The van der Waals surface area contributed by atoms with Gasteiger partial charge in [0.25, 0.3) is 0 Å². The molecule has 25 heavy (non-hydrogen) atoms. The van der Waals surface area contributed by atoms with Crippen molar-refractivity contribution < 1.29 is 13.7 Å². The number of amides is 1. The molecule has 1 aromatic carbocycles. The van der Waals surface area contributed by atoms with Gasteiger partial charge in [-0.1, -0.05) is 5.16 Å². The van der Waals surface area contributed by atoms with E-state index in [0.717, 1.165) is 46.5 Å². The first-order valence-corrected chi connectivity index (χ1v) is 8.52. The maximum atomic E-state index is 13.6. The molecule has 1 saturated heterocycles. The van der Waals surface area contributed by atoms with Gasteiger partial charge in [-0.25, -0.2) is 4.39 Å². The average Bonchev–Trinajstić information content (AvgIpc) is 3.27. The van der Waals surface area contributed by atoms with Gasteiger partial charge in [0.15, 0.2) is 0 Å². The third kappa shape index (κ3) is 2.81. The third-order valence-corrected chi connectivity index (χ3v) is 4.97. The highest BCUT2D eigenvalue weighted by atomic mass is 19.1. The predicted molar refractivity (Wildman–Crippen MR) is 91.6 cm³/mol. The highest BCUT2D eigenvalue weighted by molar-refractivity contribution is 5.90. The summed E-state index contributed by atoms with van der Waals surface area (Å²) < 4.78 is 18.8. The molecule has 1 aliphatic heterocycles. The van der Waals surface area contributed by atoms with Gasteiger partial charge in [0.05, 0.1) is 12.5 Å². The lowest BCUT2D eigenvalue weighted by molar-refractivity contribution is -0.131. The molecule has 1 amide bonds. The summed E-state index contributed by atoms with van der Waals surface area (Å²) in [5.74, 6) is 0.492. The van der Waals surface area contributed by atoms with E-state index in [1.165, 1.54) is 12.1 Å². The molecule has 0 saturated carbocycles. The van der Waals surface area contributed by atoms with Crippen molar-refractivity contribution in [3.8, 4) is 0 Å². The van der Waals surface area contributed by atoms with Crippen LogP contribution >= 0.6 is 0 Å². The Morgan fingerprint density at radius 2 is 2.24 bits per heavy atom. The number of aromatic nitrogens is 2. The van der Waals surface area contributed by atoms with E-state index in [0.29, 0.717) is 6.54 Å². The standard InChI is InChI=1S/C19H20FN3O2/c1-11-8-17(22-25-11)18-4-3-7-23(18)19(24)10-14-12(2)21-16-6-5-13(20)9-15(14)16/h5-6,8-9,18,21H,3-4,7,10H2,1-2H3/t18-/m0/s1. The van der Waals surface area contributed by atoms with Crippen molar-refractivity contribution in [2.45, 2.75) is 39.2 Å². The SMILES string of the molecule is Cc1cc([C@@H]2CCCN2C(=O)Cc2c(C)[nH]c3ccc(F)cc23)no1. The van der Waals surface area contributed by atoms with Gasteiger partial charge in [0.1, 0.15) is 17.3 Å². The van der Waals surface area contributed by atoms with Crippen molar-refractivity contribution in [2.75, 3.05) is 6.54 Å². The predicted octanol–water partition coefficient (Wildman–Crippen LogP) is 3.82. The van der Waals surface area contributed by atoms with Crippen LogP contribution in [0, 0.1) is 19.7 Å². The Balaban J connectivity index is 1.61. The van der Waals surface area contributed by atoms with Gasteiger partial charge in [-0.3, -0.25) is 4.79 Å². The van der Waals surface area contributed by atoms with Crippen molar-refractivity contribution in [1.29, 1.82) is 0 Å². The molecule has 1 fully saturated rings. The van der Waals surface area contributed by atoms with Crippen LogP contribution in [0.5, 0.6) is 0 Å². The number of fused-ring (bicyclic) bond motifs is 1. The van der Waals surface area contributed by atoms with E-state index in [4.69, 9.17) is 4.52 Å². The summed E-state index contributed by atoms with van der Waals surface area (Å²) >= 11 is 0. The van der Waals surface area contributed by atoms with E-state index in [2.05, 4.69) is 10.1 Å². The van der Waals surface area contributed by atoms with Crippen LogP contribution in [0.25, 0.3) is 10.9 Å². The highest BCUT2D eigenvalue weighted by Gasteiger charge is 2.32. The van der Waals surface area contributed by atoms with Gasteiger partial charge in [-0.05, 0) is 50.5 Å². The Morgan fingerprint density at radius 3 is 3.00 bits per heavy atom. The number of rotatable bonds is 3. The Bertz CT molecular complexity index is 943. The summed E-state index contributed by atoms with van der Waals surface area (Å²) in [5.41, 5.74) is 3.43. The van der Waals surface area contributed by atoms with Crippen LogP contribution in [-0.4, -0.2) is 27.5 Å². The number of aromatic amines is 1. The molecular weight excluding hydrogens is 321 g/mol. The van der Waals surface area contributed by atoms with Crippen molar-refractivity contribution in [1.82, 2.24) is 15.0 Å². The summed E-state index contributed by atoms with van der Waals surface area (Å²) in [6.07, 6.45) is 2.09. The van der Waals surface area contributed by atoms with Crippen LogP contribution < -0.4 is 0 Å². The van der Waals surface area contributed by atoms with Gasteiger partial charge in [-0.15, -0.1) is 0 Å². The Kier molecular flexibility index (Phi) is 3.82. The molecule has 6 heteroatoms. The van der Waals surface area contributed by atoms with Crippen LogP contribution in [0.2, 0.25) is 0 Å². The molecule has 0 spiro atoms. The highest BCUT2D eigenvalue weighted by Crippen LogP contribution is 2.33. The lowest BCUT2D eigenvalue weighted by atomic mass is 10.1. The lowest BCUT2D eigenvalue weighted by Crippen LogP contribution is -2.32. The second-order valence-corrected chi connectivity index (χ2v) is 6.70. The number of H-pyrrole nitrogens is 1. The molecule has 0 aliphatic carbocycles. The Hall–Kier alpha value is -2.63. The zero-order chi connectivity index (χ0) is 17.6. The molecule has 4 rings (SSSR count). The van der Waals surface area contributed by atoms with E-state index >= 15 is 0 Å². The summed E-state index contributed by atoms with van der Waals surface area (Å²) in [6, 6.07) is 6.48. The molecule has 0 radical (unpaired) electrons. The fraction of sp³-hybridized carbons (Fsp3) is 0.368. The Labute approximate surface area is 144 Å². The first-order chi connectivity index (χ1) is 12.0. The molecule has 2 aromatic heterocycles. The van der Waals surface area contributed by atoms with Crippen LogP contribution in [-0.2, 0) is 11.2 Å². The minimum Gasteiger partial charge on any atom is -0.361 e. The van der Waals surface area contributed by atoms with Gasteiger partial charge < -0.3 is 14.4 Å². The molecule has 3 aromatic rings. The number of hydrogen-bond acceptors (Lipinski definition) is 3. The molecule has 3 heterocycles. The van der Waals surface area contributed by atoms with E-state index < -0.39 is 0 Å². The molecule has 1 aliphatic rings.